The number of likely N-dealkylation sites (tertiary alicyclic amines) is 1. The van der Waals surface area contributed by atoms with E-state index in [9.17, 15) is 0 Å². The smallest absolute Gasteiger partial charge is 0.0653 e. The minimum Gasteiger partial charge on any atom is -0.296 e. The summed E-state index contributed by atoms with van der Waals surface area (Å²) in [6.07, 6.45) is 3.87. The Bertz CT molecular complexity index is 414. The van der Waals surface area contributed by atoms with Gasteiger partial charge in [0.1, 0.15) is 0 Å². The molecular weight excluding hydrogens is 258 g/mol. The van der Waals surface area contributed by atoms with Crippen LogP contribution in [0, 0.1) is 0 Å². The number of hydrogen-bond donors (Lipinski definition) is 2. The van der Waals surface area contributed by atoms with Gasteiger partial charge in [0.25, 0.3) is 0 Å². The van der Waals surface area contributed by atoms with E-state index in [0.29, 0.717) is 0 Å². The monoisotopic (exact) mass is 281 g/mol. The van der Waals surface area contributed by atoms with Crippen molar-refractivity contribution in [3.63, 3.8) is 0 Å². The molecule has 1 aliphatic heterocycles. The van der Waals surface area contributed by atoms with Crippen LogP contribution in [-0.2, 0) is 0 Å². The van der Waals surface area contributed by atoms with E-state index in [2.05, 4.69) is 30.2 Å². The van der Waals surface area contributed by atoms with Crippen molar-refractivity contribution >= 4 is 11.6 Å². The summed E-state index contributed by atoms with van der Waals surface area (Å²) >= 11 is 6.33. The SMILES string of the molecule is CC(C)(C(NN)c1ccccc1Cl)N1CCCCC1. The molecule has 0 aliphatic carbocycles. The van der Waals surface area contributed by atoms with Gasteiger partial charge in [-0.3, -0.25) is 16.2 Å². The molecule has 1 aromatic rings. The molecule has 0 amide bonds. The molecule has 1 fully saturated rings. The maximum atomic E-state index is 6.33. The second kappa shape index (κ2) is 6.23. The van der Waals surface area contributed by atoms with E-state index in [1.807, 2.05) is 18.2 Å². The molecule has 2 rings (SSSR count). The van der Waals surface area contributed by atoms with E-state index in [-0.39, 0.29) is 11.6 Å². The Kier molecular flexibility index (Phi) is 4.85. The molecule has 1 aromatic carbocycles. The number of piperidine rings is 1. The molecule has 19 heavy (non-hydrogen) atoms. The first kappa shape index (κ1) is 14.8. The molecule has 1 saturated heterocycles. The van der Waals surface area contributed by atoms with Crippen LogP contribution in [0.15, 0.2) is 24.3 Å². The highest BCUT2D eigenvalue weighted by Crippen LogP contribution is 2.35. The number of benzene rings is 1. The number of nitrogens with two attached hydrogens (primary N) is 1. The average molecular weight is 282 g/mol. The standard InChI is InChI=1S/C15H24ClN3/c1-15(2,19-10-6-3-7-11-19)14(18-17)12-8-4-5-9-13(12)16/h4-5,8-9,14,18H,3,6-7,10-11,17H2,1-2H3. The topological polar surface area (TPSA) is 41.3 Å². The lowest BCUT2D eigenvalue weighted by Gasteiger charge is -2.46. The summed E-state index contributed by atoms with van der Waals surface area (Å²) in [6.45, 7) is 6.75. The lowest BCUT2D eigenvalue weighted by Crippen LogP contribution is -2.55. The highest BCUT2D eigenvalue weighted by Gasteiger charge is 2.37. The van der Waals surface area contributed by atoms with Gasteiger partial charge in [0.15, 0.2) is 0 Å². The van der Waals surface area contributed by atoms with Crippen molar-refractivity contribution in [1.29, 1.82) is 0 Å². The molecule has 1 unspecified atom stereocenters. The summed E-state index contributed by atoms with van der Waals surface area (Å²) in [5.41, 5.74) is 3.99. The molecule has 1 heterocycles. The van der Waals surface area contributed by atoms with Gasteiger partial charge in [-0.25, -0.2) is 0 Å². The van der Waals surface area contributed by atoms with Crippen LogP contribution in [0.25, 0.3) is 0 Å². The Morgan fingerprint density at radius 1 is 1.21 bits per heavy atom. The molecule has 1 aliphatic rings. The van der Waals surface area contributed by atoms with Crippen LogP contribution >= 0.6 is 11.6 Å². The van der Waals surface area contributed by atoms with Crippen molar-refractivity contribution in [3.8, 4) is 0 Å². The van der Waals surface area contributed by atoms with Crippen LogP contribution in [0.4, 0.5) is 0 Å². The molecule has 1 atom stereocenters. The number of hydrazine groups is 1. The Balaban J connectivity index is 2.27. The molecular formula is C15H24ClN3. The third-order valence-electron chi connectivity index (χ3n) is 4.26. The lowest BCUT2D eigenvalue weighted by atomic mass is 9.86. The lowest BCUT2D eigenvalue weighted by molar-refractivity contribution is 0.0608. The summed E-state index contributed by atoms with van der Waals surface area (Å²) in [7, 11) is 0. The first-order valence-electron chi connectivity index (χ1n) is 7.03. The summed E-state index contributed by atoms with van der Waals surface area (Å²) in [4.78, 5) is 2.52. The van der Waals surface area contributed by atoms with Crippen LogP contribution < -0.4 is 11.3 Å². The van der Waals surface area contributed by atoms with Crippen LogP contribution in [0.5, 0.6) is 0 Å². The Morgan fingerprint density at radius 2 is 1.84 bits per heavy atom. The highest BCUT2D eigenvalue weighted by atomic mass is 35.5. The molecule has 0 aromatic heterocycles. The van der Waals surface area contributed by atoms with Crippen molar-refractivity contribution in [3.05, 3.63) is 34.9 Å². The van der Waals surface area contributed by atoms with Crippen molar-refractivity contribution < 1.29 is 0 Å². The van der Waals surface area contributed by atoms with Gasteiger partial charge in [-0.05, 0) is 51.4 Å². The summed E-state index contributed by atoms with van der Waals surface area (Å²) in [5, 5.41) is 0.774. The van der Waals surface area contributed by atoms with Gasteiger partial charge in [0.2, 0.25) is 0 Å². The third kappa shape index (κ3) is 3.11. The Hall–Kier alpha value is -0.610. The van der Waals surface area contributed by atoms with Crippen LogP contribution in [0.2, 0.25) is 5.02 Å². The summed E-state index contributed by atoms with van der Waals surface area (Å²) in [5.74, 6) is 5.83. The maximum Gasteiger partial charge on any atom is 0.0653 e. The predicted molar refractivity (Wildman–Crippen MR) is 81.0 cm³/mol. The molecule has 0 bridgehead atoms. The fraction of sp³-hybridized carbons (Fsp3) is 0.600. The number of rotatable bonds is 4. The van der Waals surface area contributed by atoms with E-state index in [1.165, 1.54) is 19.3 Å². The molecule has 3 N–H and O–H groups in total. The Labute approximate surface area is 121 Å². The fourth-order valence-electron chi connectivity index (χ4n) is 3.04. The van der Waals surface area contributed by atoms with Gasteiger partial charge in [0.05, 0.1) is 6.04 Å². The zero-order chi connectivity index (χ0) is 13.9. The molecule has 0 radical (unpaired) electrons. The zero-order valence-electron chi connectivity index (χ0n) is 11.8. The minimum atomic E-state index is -0.0554. The van der Waals surface area contributed by atoms with E-state index in [1.54, 1.807) is 0 Å². The second-order valence-electron chi connectivity index (χ2n) is 5.82. The van der Waals surface area contributed by atoms with Gasteiger partial charge < -0.3 is 0 Å². The van der Waals surface area contributed by atoms with Crippen molar-refractivity contribution in [2.24, 2.45) is 5.84 Å². The van der Waals surface area contributed by atoms with E-state index in [4.69, 9.17) is 17.4 Å². The first-order valence-corrected chi connectivity index (χ1v) is 7.41. The van der Waals surface area contributed by atoms with E-state index >= 15 is 0 Å². The number of halogens is 1. The van der Waals surface area contributed by atoms with Crippen LogP contribution in [0.3, 0.4) is 0 Å². The van der Waals surface area contributed by atoms with Crippen molar-refractivity contribution in [1.82, 2.24) is 10.3 Å². The quantitative estimate of drug-likeness (QED) is 0.658. The molecule has 0 spiro atoms. The highest BCUT2D eigenvalue weighted by molar-refractivity contribution is 6.31. The maximum absolute atomic E-state index is 6.33. The summed E-state index contributed by atoms with van der Waals surface area (Å²) < 4.78 is 0. The summed E-state index contributed by atoms with van der Waals surface area (Å²) in [6, 6.07) is 7.97. The van der Waals surface area contributed by atoms with Crippen molar-refractivity contribution in [2.75, 3.05) is 13.1 Å². The predicted octanol–water partition coefficient (Wildman–Crippen LogP) is 3.11. The zero-order valence-corrected chi connectivity index (χ0v) is 12.6. The van der Waals surface area contributed by atoms with Gasteiger partial charge >= 0.3 is 0 Å². The van der Waals surface area contributed by atoms with E-state index < -0.39 is 0 Å². The normalized spacial score (nSPS) is 19.4. The molecule has 106 valence electrons. The van der Waals surface area contributed by atoms with Gasteiger partial charge in [0, 0.05) is 10.6 Å². The second-order valence-corrected chi connectivity index (χ2v) is 6.23. The molecule has 4 heteroatoms. The fourth-order valence-corrected chi connectivity index (χ4v) is 3.28. The van der Waals surface area contributed by atoms with E-state index in [0.717, 1.165) is 23.7 Å². The van der Waals surface area contributed by atoms with Crippen molar-refractivity contribution in [2.45, 2.75) is 44.7 Å². The minimum absolute atomic E-state index is 0.0271. The van der Waals surface area contributed by atoms with Gasteiger partial charge in [-0.1, -0.05) is 36.2 Å². The number of nitrogens with one attached hydrogen (secondary N) is 1. The molecule has 0 saturated carbocycles. The van der Waals surface area contributed by atoms with Gasteiger partial charge in [-0.2, -0.15) is 0 Å². The average Bonchev–Trinajstić information content (AvgIpc) is 2.42. The van der Waals surface area contributed by atoms with Crippen LogP contribution in [0.1, 0.15) is 44.7 Å². The first-order chi connectivity index (χ1) is 9.07. The Morgan fingerprint density at radius 3 is 2.42 bits per heavy atom. The van der Waals surface area contributed by atoms with Crippen LogP contribution in [-0.4, -0.2) is 23.5 Å². The molecule has 3 nitrogen and oxygen atoms in total. The largest absolute Gasteiger partial charge is 0.296 e. The van der Waals surface area contributed by atoms with Gasteiger partial charge in [-0.15, -0.1) is 0 Å². The number of nitrogens with zero attached hydrogens (tertiary/aromatic N) is 1. The third-order valence-corrected chi connectivity index (χ3v) is 4.60. The number of hydrogen-bond acceptors (Lipinski definition) is 3.